The molecule has 0 radical (unpaired) electrons. The number of amidine groups is 1. The number of rotatable bonds is 3. The molecule has 0 unspecified atom stereocenters. The molecule has 5 nitrogen and oxygen atoms in total. The predicted molar refractivity (Wildman–Crippen MR) is 122 cm³/mol. The van der Waals surface area contributed by atoms with Crippen LogP contribution < -0.4 is 4.90 Å². The monoisotopic (exact) mass is 429 g/mol. The van der Waals surface area contributed by atoms with E-state index in [-0.39, 0.29) is 23.9 Å². The van der Waals surface area contributed by atoms with Crippen LogP contribution >= 0.6 is 0 Å². The summed E-state index contributed by atoms with van der Waals surface area (Å²) in [5.74, 6) is -0.0247. The summed E-state index contributed by atoms with van der Waals surface area (Å²) in [5, 5.41) is 9.93. The summed E-state index contributed by atoms with van der Waals surface area (Å²) in [6.45, 7) is 0. The van der Waals surface area contributed by atoms with E-state index in [0.29, 0.717) is 23.2 Å². The lowest BCUT2D eigenvalue weighted by Gasteiger charge is -2.35. The van der Waals surface area contributed by atoms with Crippen molar-refractivity contribution in [1.29, 1.82) is 0 Å². The van der Waals surface area contributed by atoms with E-state index in [1.807, 2.05) is 12.1 Å². The first-order valence-electron chi connectivity index (χ1n) is 11.0. The molecule has 3 aromatic rings. The number of anilines is 1. The van der Waals surface area contributed by atoms with Crippen LogP contribution in [0.2, 0.25) is 0 Å². The Kier molecular flexibility index (Phi) is 5.53. The number of hydrogen-bond donors (Lipinski definition) is 1. The number of aromatic nitrogens is 1. The van der Waals surface area contributed by atoms with Crippen LogP contribution in [-0.2, 0) is 6.42 Å². The van der Waals surface area contributed by atoms with E-state index in [0.717, 1.165) is 42.8 Å². The fraction of sp³-hybridized carbons (Fsp3) is 0.269. The SMILES string of the molecule is O=C(N=C1Cc2ccccc2N1C1CCC(O)CC1)c1ccnc(-c2ccccc2F)c1. The maximum absolute atomic E-state index is 14.2. The summed E-state index contributed by atoms with van der Waals surface area (Å²) < 4.78 is 14.2. The van der Waals surface area contributed by atoms with E-state index in [1.165, 1.54) is 12.3 Å². The molecule has 1 fully saturated rings. The Balaban J connectivity index is 1.47. The fourth-order valence-electron chi connectivity index (χ4n) is 4.67. The van der Waals surface area contributed by atoms with Gasteiger partial charge in [0.05, 0.1) is 11.8 Å². The Morgan fingerprint density at radius 1 is 1.03 bits per heavy atom. The van der Waals surface area contributed by atoms with Gasteiger partial charge in [0, 0.05) is 35.5 Å². The van der Waals surface area contributed by atoms with Gasteiger partial charge in [0.15, 0.2) is 0 Å². The number of fused-ring (bicyclic) bond motifs is 1. The summed E-state index contributed by atoms with van der Waals surface area (Å²) in [7, 11) is 0. The molecule has 2 heterocycles. The summed E-state index contributed by atoms with van der Waals surface area (Å²) in [6.07, 6.45) is 5.07. The summed E-state index contributed by atoms with van der Waals surface area (Å²) in [4.78, 5) is 24.1. The molecule has 6 heteroatoms. The highest BCUT2D eigenvalue weighted by atomic mass is 19.1. The number of hydrogen-bond acceptors (Lipinski definition) is 3. The van der Waals surface area contributed by atoms with Gasteiger partial charge in [-0.3, -0.25) is 9.78 Å². The second-order valence-corrected chi connectivity index (χ2v) is 8.38. The highest BCUT2D eigenvalue weighted by Crippen LogP contribution is 2.36. The molecule has 1 aliphatic heterocycles. The zero-order chi connectivity index (χ0) is 22.1. The lowest BCUT2D eigenvalue weighted by atomic mass is 9.92. The van der Waals surface area contributed by atoms with Crippen molar-refractivity contribution >= 4 is 17.4 Å². The number of carbonyl (C=O) groups excluding carboxylic acids is 1. The fourth-order valence-corrected chi connectivity index (χ4v) is 4.67. The van der Waals surface area contributed by atoms with Crippen molar-refractivity contribution in [3.63, 3.8) is 0 Å². The minimum Gasteiger partial charge on any atom is -0.393 e. The normalized spacial score (nSPS) is 21.6. The van der Waals surface area contributed by atoms with Crippen LogP contribution in [-0.4, -0.2) is 34.0 Å². The third-order valence-electron chi connectivity index (χ3n) is 6.30. The lowest BCUT2D eigenvalue weighted by molar-refractivity contribution is 0.100. The maximum atomic E-state index is 14.2. The summed E-state index contributed by atoms with van der Waals surface area (Å²) >= 11 is 0. The largest absolute Gasteiger partial charge is 0.393 e. The molecule has 1 amide bonds. The molecule has 162 valence electrons. The van der Waals surface area contributed by atoms with Gasteiger partial charge in [-0.1, -0.05) is 30.3 Å². The number of aliphatic hydroxyl groups is 1. The quantitative estimate of drug-likeness (QED) is 0.650. The molecule has 0 spiro atoms. The van der Waals surface area contributed by atoms with E-state index in [1.54, 1.807) is 30.3 Å². The first-order valence-corrected chi connectivity index (χ1v) is 11.0. The number of para-hydroxylation sites is 1. The van der Waals surface area contributed by atoms with Crippen molar-refractivity contribution in [3.05, 3.63) is 83.8 Å². The molecule has 1 N–H and O–H groups in total. The molecule has 2 aromatic carbocycles. The van der Waals surface area contributed by atoms with Crippen LogP contribution in [0.4, 0.5) is 10.1 Å². The maximum Gasteiger partial charge on any atom is 0.278 e. The van der Waals surface area contributed by atoms with Gasteiger partial charge in [-0.25, -0.2) is 4.39 Å². The highest BCUT2D eigenvalue weighted by molar-refractivity contribution is 6.12. The standard InChI is InChI=1S/C26H24FN3O2/c27-22-7-3-2-6-21(22)23-15-18(13-14-28-23)26(32)29-25-16-17-5-1-4-8-24(17)30(25)19-9-11-20(31)12-10-19/h1-8,13-15,19-20,31H,9-12,16H2. The molecule has 0 saturated heterocycles. The number of halogens is 1. The van der Waals surface area contributed by atoms with Crippen molar-refractivity contribution in [2.75, 3.05) is 4.90 Å². The Morgan fingerprint density at radius 3 is 2.59 bits per heavy atom. The van der Waals surface area contributed by atoms with E-state index in [9.17, 15) is 14.3 Å². The molecule has 2 aliphatic rings. The number of pyridine rings is 1. The summed E-state index contributed by atoms with van der Waals surface area (Å²) in [5.41, 5.74) is 3.36. The minimum absolute atomic E-state index is 0.208. The third-order valence-corrected chi connectivity index (χ3v) is 6.30. The summed E-state index contributed by atoms with van der Waals surface area (Å²) in [6, 6.07) is 17.9. The first-order chi connectivity index (χ1) is 15.6. The molecule has 0 bridgehead atoms. The van der Waals surface area contributed by atoms with E-state index in [4.69, 9.17) is 0 Å². The molecule has 1 aromatic heterocycles. The minimum atomic E-state index is -0.382. The molecule has 1 aliphatic carbocycles. The van der Waals surface area contributed by atoms with Crippen molar-refractivity contribution in [3.8, 4) is 11.3 Å². The average Bonchev–Trinajstić information content (AvgIpc) is 3.18. The Morgan fingerprint density at radius 2 is 1.78 bits per heavy atom. The van der Waals surface area contributed by atoms with Gasteiger partial charge in [-0.05, 0) is 61.6 Å². The number of benzene rings is 2. The number of amides is 1. The van der Waals surface area contributed by atoms with Crippen LogP contribution in [0, 0.1) is 5.82 Å². The van der Waals surface area contributed by atoms with Gasteiger partial charge in [0.25, 0.3) is 5.91 Å². The Bertz CT molecular complexity index is 1180. The molecular weight excluding hydrogens is 405 g/mol. The van der Waals surface area contributed by atoms with Gasteiger partial charge in [-0.15, -0.1) is 0 Å². The molecular formula is C26H24FN3O2. The molecule has 1 saturated carbocycles. The second kappa shape index (κ2) is 8.63. The number of aliphatic hydroxyl groups excluding tert-OH is 1. The van der Waals surface area contributed by atoms with E-state index in [2.05, 4.69) is 27.0 Å². The highest BCUT2D eigenvalue weighted by Gasteiger charge is 2.34. The predicted octanol–water partition coefficient (Wildman–Crippen LogP) is 4.79. The van der Waals surface area contributed by atoms with Crippen LogP contribution in [0.3, 0.4) is 0 Å². The topological polar surface area (TPSA) is 65.8 Å². The van der Waals surface area contributed by atoms with Crippen molar-refractivity contribution in [2.45, 2.75) is 44.2 Å². The van der Waals surface area contributed by atoms with Crippen LogP contribution in [0.1, 0.15) is 41.6 Å². The first kappa shape index (κ1) is 20.5. The lowest BCUT2D eigenvalue weighted by Crippen LogP contribution is -2.41. The second-order valence-electron chi connectivity index (χ2n) is 8.38. The Hall–Kier alpha value is -3.38. The molecule has 32 heavy (non-hydrogen) atoms. The van der Waals surface area contributed by atoms with Gasteiger partial charge < -0.3 is 10.0 Å². The van der Waals surface area contributed by atoms with E-state index >= 15 is 0 Å². The van der Waals surface area contributed by atoms with Crippen molar-refractivity contribution < 1.29 is 14.3 Å². The smallest absolute Gasteiger partial charge is 0.278 e. The van der Waals surface area contributed by atoms with Crippen LogP contribution in [0.25, 0.3) is 11.3 Å². The number of nitrogens with zero attached hydrogens (tertiary/aromatic N) is 3. The van der Waals surface area contributed by atoms with Crippen LogP contribution in [0.5, 0.6) is 0 Å². The van der Waals surface area contributed by atoms with E-state index < -0.39 is 0 Å². The zero-order valence-corrected chi connectivity index (χ0v) is 17.6. The molecule has 5 rings (SSSR count). The van der Waals surface area contributed by atoms with Crippen molar-refractivity contribution in [1.82, 2.24) is 4.98 Å². The number of aliphatic imine (C=N–C) groups is 1. The number of carbonyl (C=O) groups is 1. The van der Waals surface area contributed by atoms with Crippen LogP contribution in [0.15, 0.2) is 71.9 Å². The van der Waals surface area contributed by atoms with Crippen molar-refractivity contribution in [2.24, 2.45) is 4.99 Å². The Labute approximate surface area is 186 Å². The average molecular weight is 429 g/mol. The molecule has 0 atom stereocenters. The van der Waals surface area contributed by atoms with Gasteiger partial charge >= 0.3 is 0 Å². The zero-order valence-electron chi connectivity index (χ0n) is 17.6. The van der Waals surface area contributed by atoms with Gasteiger partial charge in [-0.2, -0.15) is 4.99 Å². The van der Waals surface area contributed by atoms with Gasteiger partial charge in [0.1, 0.15) is 11.7 Å². The third kappa shape index (κ3) is 3.94. The van der Waals surface area contributed by atoms with Gasteiger partial charge in [0.2, 0.25) is 0 Å².